The Bertz CT molecular complexity index is 214. The predicted octanol–water partition coefficient (Wildman–Crippen LogP) is 0.561. The highest BCUT2D eigenvalue weighted by Crippen LogP contribution is 2.07. The molecule has 1 aliphatic rings. The molecule has 0 saturated carbocycles. The van der Waals surface area contributed by atoms with Crippen LogP contribution in [0.25, 0.3) is 0 Å². The van der Waals surface area contributed by atoms with Gasteiger partial charge in [-0.2, -0.15) is 11.8 Å². The van der Waals surface area contributed by atoms with Gasteiger partial charge in [0.05, 0.1) is 6.42 Å². The van der Waals surface area contributed by atoms with Crippen LogP contribution in [0.2, 0.25) is 0 Å². The first kappa shape index (κ1) is 11.5. The van der Waals surface area contributed by atoms with Crippen molar-refractivity contribution in [1.82, 2.24) is 5.32 Å². The van der Waals surface area contributed by atoms with Crippen LogP contribution in [0.3, 0.4) is 0 Å². The number of carbonyl (C=O) groups excluding carboxylic acids is 2. The largest absolute Gasteiger partial charge is 0.392 e. The van der Waals surface area contributed by atoms with Crippen molar-refractivity contribution in [2.24, 2.45) is 0 Å². The predicted molar refractivity (Wildman–Crippen MR) is 55.1 cm³/mol. The van der Waals surface area contributed by atoms with E-state index in [4.69, 9.17) is 0 Å². The third-order valence-electron chi connectivity index (χ3n) is 2.07. The van der Waals surface area contributed by atoms with Gasteiger partial charge in [0.25, 0.3) is 0 Å². The van der Waals surface area contributed by atoms with Crippen LogP contribution in [0.15, 0.2) is 0 Å². The van der Waals surface area contributed by atoms with Gasteiger partial charge in [-0.3, -0.25) is 4.79 Å². The summed E-state index contributed by atoms with van der Waals surface area (Å²) < 4.78 is 4.68. The molecule has 0 aliphatic carbocycles. The van der Waals surface area contributed by atoms with Crippen molar-refractivity contribution in [2.45, 2.75) is 25.3 Å². The molecule has 0 radical (unpaired) electrons. The van der Waals surface area contributed by atoms with E-state index in [1.807, 2.05) is 6.26 Å². The zero-order valence-electron chi connectivity index (χ0n) is 8.25. The molecule has 1 saturated heterocycles. The molecule has 1 aliphatic heterocycles. The maximum Gasteiger partial charge on any atom is 0.330 e. The van der Waals surface area contributed by atoms with Crippen LogP contribution in [-0.4, -0.2) is 36.5 Å². The van der Waals surface area contributed by atoms with Crippen LogP contribution < -0.4 is 5.32 Å². The van der Waals surface area contributed by atoms with Gasteiger partial charge in [-0.15, -0.1) is 0 Å². The Morgan fingerprint density at radius 1 is 1.57 bits per heavy atom. The molecular formula is C9H15NO3S. The lowest BCUT2D eigenvalue weighted by atomic mass is 10.2. The minimum absolute atomic E-state index is 0.270. The summed E-state index contributed by atoms with van der Waals surface area (Å²) in [5, 5.41) is 2.99. The van der Waals surface area contributed by atoms with Crippen molar-refractivity contribution in [3.05, 3.63) is 0 Å². The van der Waals surface area contributed by atoms with Crippen molar-refractivity contribution in [3.8, 4) is 0 Å². The molecule has 1 rings (SSSR count). The molecule has 1 N–H and O–H groups in total. The Labute approximate surface area is 87.8 Å². The molecule has 0 aromatic carbocycles. The van der Waals surface area contributed by atoms with E-state index in [1.54, 1.807) is 11.8 Å². The number of nitrogens with one attached hydrogen (secondary N) is 1. The zero-order chi connectivity index (χ0) is 10.4. The maximum absolute atomic E-state index is 11.3. The van der Waals surface area contributed by atoms with Gasteiger partial charge >= 0.3 is 11.9 Å². The van der Waals surface area contributed by atoms with Crippen LogP contribution in [0.5, 0.6) is 0 Å². The molecule has 0 aromatic rings. The van der Waals surface area contributed by atoms with Crippen molar-refractivity contribution < 1.29 is 14.3 Å². The molecule has 0 aromatic heterocycles. The number of carbonyl (C=O) groups is 2. The first-order valence-electron chi connectivity index (χ1n) is 4.71. The van der Waals surface area contributed by atoms with Gasteiger partial charge in [-0.05, 0) is 25.6 Å². The van der Waals surface area contributed by atoms with Crippen LogP contribution in [0, 0.1) is 0 Å². The number of rotatable bonds is 4. The highest BCUT2D eigenvalue weighted by atomic mass is 32.2. The van der Waals surface area contributed by atoms with Gasteiger partial charge in [-0.1, -0.05) is 0 Å². The van der Waals surface area contributed by atoms with Crippen molar-refractivity contribution >= 4 is 23.7 Å². The SMILES string of the molecule is CSCCC(=O)OC(=O)[C@@H]1CCCN1. The van der Waals surface area contributed by atoms with E-state index in [0.29, 0.717) is 12.2 Å². The lowest BCUT2D eigenvalue weighted by Crippen LogP contribution is -2.33. The maximum atomic E-state index is 11.3. The van der Waals surface area contributed by atoms with Gasteiger partial charge in [0.2, 0.25) is 0 Å². The van der Waals surface area contributed by atoms with Gasteiger partial charge in [0, 0.05) is 5.75 Å². The normalized spacial score (nSPS) is 20.8. The first-order valence-corrected chi connectivity index (χ1v) is 6.10. The molecule has 0 bridgehead atoms. The second-order valence-electron chi connectivity index (χ2n) is 3.18. The molecule has 1 atom stereocenters. The van der Waals surface area contributed by atoms with Crippen molar-refractivity contribution in [2.75, 3.05) is 18.6 Å². The van der Waals surface area contributed by atoms with E-state index < -0.39 is 11.9 Å². The van der Waals surface area contributed by atoms with Crippen LogP contribution in [0.4, 0.5) is 0 Å². The summed E-state index contributed by atoms with van der Waals surface area (Å²) in [6.45, 7) is 0.832. The molecule has 0 unspecified atom stereocenters. The summed E-state index contributed by atoms with van der Waals surface area (Å²) in [6, 6.07) is -0.270. The third kappa shape index (κ3) is 3.67. The molecule has 4 nitrogen and oxygen atoms in total. The lowest BCUT2D eigenvalue weighted by molar-refractivity contribution is -0.160. The second kappa shape index (κ2) is 6.03. The van der Waals surface area contributed by atoms with Crippen LogP contribution in [-0.2, 0) is 14.3 Å². The Balaban J connectivity index is 2.21. The Morgan fingerprint density at radius 2 is 2.36 bits per heavy atom. The highest BCUT2D eigenvalue weighted by molar-refractivity contribution is 7.98. The monoisotopic (exact) mass is 217 g/mol. The van der Waals surface area contributed by atoms with Gasteiger partial charge in [-0.25, -0.2) is 4.79 Å². The Kier molecular flexibility index (Phi) is 4.97. The fraction of sp³-hybridized carbons (Fsp3) is 0.778. The quantitative estimate of drug-likeness (QED) is 0.551. The molecule has 14 heavy (non-hydrogen) atoms. The number of hydrogen-bond donors (Lipinski definition) is 1. The van der Waals surface area contributed by atoms with Crippen molar-refractivity contribution in [3.63, 3.8) is 0 Å². The van der Waals surface area contributed by atoms with Crippen molar-refractivity contribution in [1.29, 1.82) is 0 Å². The lowest BCUT2D eigenvalue weighted by Gasteiger charge is -2.08. The van der Waals surface area contributed by atoms with Gasteiger partial charge < -0.3 is 10.1 Å². The fourth-order valence-electron chi connectivity index (χ4n) is 1.31. The summed E-state index contributed by atoms with van der Waals surface area (Å²) in [4.78, 5) is 22.4. The minimum Gasteiger partial charge on any atom is -0.392 e. The topological polar surface area (TPSA) is 55.4 Å². The summed E-state index contributed by atoms with van der Waals surface area (Å²) in [7, 11) is 0. The van der Waals surface area contributed by atoms with Crippen LogP contribution in [0.1, 0.15) is 19.3 Å². The second-order valence-corrected chi connectivity index (χ2v) is 4.17. The number of thioether (sulfide) groups is 1. The average Bonchev–Trinajstić information content (AvgIpc) is 2.67. The van der Waals surface area contributed by atoms with E-state index in [9.17, 15) is 9.59 Å². The number of ether oxygens (including phenoxy) is 1. The smallest absolute Gasteiger partial charge is 0.330 e. The van der Waals surface area contributed by atoms with E-state index in [0.717, 1.165) is 19.4 Å². The molecule has 0 amide bonds. The van der Waals surface area contributed by atoms with Crippen LogP contribution >= 0.6 is 11.8 Å². The minimum atomic E-state index is -0.423. The molecule has 1 fully saturated rings. The fourth-order valence-corrected chi connectivity index (χ4v) is 1.68. The van der Waals surface area contributed by atoms with Gasteiger partial charge in [0.15, 0.2) is 0 Å². The summed E-state index contributed by atoms with van der Waals surface area (Å²) in [6.07, 6.45) is 3.96. The first-order chi connectivity index (χ1) is 6.74. The summed E-state index contributed by atoms with van der Waals surface area (Å²) in [5.74, 6) is -0.142. The summed E-state index contributed by atoms with van der Waals surface area (Å²) in [5.41, 5.74) is 0. The third-order valence-corrected chi connectivity index (χ3v) is 2.68. The zero-order valence-corrected chi connectivity index (χ0v) is 9.06. The van der Waals surface area contributed by atoms with E-state index in [-0.39, 0.29) is 6.04 Å². The van der Waals surface area contributed by atoms with E-state index in [2.05, 4.69) is 10.1 Å². The summed E-state index contributed by atoms with van der Waals surface area (Å²) >= 11 is 1.56. The molecular weight excluding hydrogens is 202 g/mol. The average molecular weight is 217 g/mol. The highest BCUT2D eigenvalue weighted by Gasteiger charge is 2.25. The molecule has 1 heterocycles. The van der Waals surface area contributed by atoms with E-state index >= 15 is 0 Å². The molecule has 80 valence electrons. The Hall–Kier alpha value is -0.550. The number of hydrogen-bond acceptors (Lipinski definition) is 5. The van der Waals surface area contributed by atoms with Gasteiger partial charge in [0.1, 0.15) is 6.04 Å². The molecule has 0 spiro atoms. The van der Waals surface area contributed by atoms with E-state index in [1.165, 1.54) is 0 Å². The number of esters is 2. The Morgan fingerprint density at radius 3 is 2.93 bits per heavy atom. The molecule has 5 heteroatoms. The standard InChI is InChI=1S/C9H15NO3S/c1-14-6-4-8(11)13-9(12)7-3-2-5-10-7/h7,10H,2-6H2,1H3/t7-/m0/s1.